The van der Waals surface area contributed by atoms with Gasteiger partial charge in [0.2, 0.25) is 5.82 Å². The largest absolute Gasteiger partial charge is 0.497 e. The van der Waals surface area contributed by atoms with E-state index in [4.69, 9.17) is 9.47 Å². The van der Waals surface area contributed by atoms with Crippen LogP contribution in [0.3, 0.4) is 0 Å². The molecule has 0 radical (unpaired) electrons. The number of hydrogen-bond acceptors (Lipinski definition) is 5. The molecule has 1 fully saturated rings. The standard InChI is InChI=1S/C24H29N5O2/c1-30-20-11-12-22(31-2)21(15-20)23(24-25-26-27-29(24)19-9-5-6-10-19)28-14-13-17-7-3-4-8-18(17)16-28/h3-4,7-8,11-12,15,19,23H,5-6,9-10,13-14,16H2,1-2H3/p+1/t23-/m0/s1. The number of methoxy groups -OCH3 is 2. The monoisotopic (exact) mass is 420 g/mol. The highest BCUT2D eigenvalue weighted by Gasteiger charge is 2.38. The highest BCUT2D eigenvalue weighted by atomic mass is 16.5. The predicted octanol–water partition coefficient (Wildman–Crippen LogP) is 2.54. The molecule has 5 rings (SSSR count). The lowest BCUT2D eigenvalue weighted by atomic mass is 9.95. The maximum atomic E-state index is 5.80. The van der Waals surface area contributed by atoms with Crippen molar-refractivity contribution in [3.8, 4) is 11.5 Å². The van der Waals surface area contributed by atoms with E-state index in [-0.39, 0.29) is 6.04 Å². The molecule has 7 heteroatoms. The van der Waals surface area contributed by atoms with E-state index in [0.717, 1.165) is 55.2 Å². The number of rotatable bonds is 6. The van der Waals surface area contributed by atoms with Gasteiger partial charge in [0.05, 0.1) is 32.4 Å². The summed E-state index contributed by atoms with van der Waals surface area (Å²) in [7, 11) is 3.43. The second kappa shape index (κ2) is 8.67. The van der Waals surface area contributed by atoms with E-state index < -0.39 is 0 Å². The van der Waals surface area contributed by atoms with Crippen molar-refractivity contribution in [2.45, 2.75) is 50.7 Å². The van der Waals surface area contributed by atoms with Crippen LogP contribution in [0.2, 0.25) is 0 Å². The lowest BCUT2D eigenvalue weighted by Gasteiger charge is -2.33. The Kier molecular flexibility index (Phi) is 5.59. The summed E-state index contributed by atoms with van der Waals surface area (Å²) < 4.78 is 13.5. The molecule has 1 aromatic heterocycles. The van der Waals surface area contributed by atoms with Crippen LogP contribution in [-0.2, 0) is 13.0 Å². The van der Waals surface area contributed by atoms with Crippen LogP contribution in [0.5, 0.6) is 11.5 Å². The van der Waals surface area contributed by atoms with Gasteiger partial charge >= 0.3 is 0 Å². The molecule has 2 aromatic carbocycles. The fourth-order valence-corrected chi connectivity index (χ4v) is 5.25. The Morgan fingerprint density at radius 1 is 1.03 bits per heavy atom. The van der Waals surface area contributed by atoms with Crippen LogP contribution in [0.25, 0.3) is 0 Å². The summed E-state index contributed by atoms with van der Waals surface area (Å²) in [5.41, 5.74) is 3.92. The van der Waals surface area contributed by atoms with Crippen molar-refractivity contribution in [3.63, 3.8) is 0 Å². The average Bonchev–Trinajstić information content (AvgIpc) is 3.51. The summed E-state index contributed by atoms with van der Waals surface area (Å²) in [6.45, 7) is 1.94. The van der Waals surface area contributed by atoms with Gasteiger partial charge in [0.15, 0.2) is 6.04 Å². The lowest BCUT2D eigenvalue weighted by Crippen LogP contribution is -3.12. The first kappa shape index (κ1) is 20.0. The Balaban J connectivity index is 1.62. The molecule has 1 saturated carbocycles. The Morgan fingerprint density at radius 3 is 2.61 bits per heavy atom. The van der Waals surface area contributed by atoms with Crippen molar-refractivity contribution in [2.75, 3.05) is 20.8 Å². The smallest absolute Gasteiger partial charge is 0.214 e. The molecule has 31 heavy (non-hydrogen) atoms. The van der Waals surface area contributed by atoms with Crippen LogP contribution >= 0.6 is 0 Å². The summed E-state index contributed by atoms with van der Waals surface area (Å²) in [6, 6.07) is 15.1. The van der Waals surface area contributed by atoms with Gasteiger partial charge in [-0.2, -0.15) is 0 Å². The Labute approximate surface area is 183 Å². The molecule has 0 amide bonds. The number of tetrazole rings is 1. The van der Waals surface area contributed by atoms with Crippen LogP contribution in [0.1, 0.15) is 60.3 Å². The van der Waals surface area contributed by atoms with E-state index in [2.05, 4.69) is 50.5 Å². The van der Waals surface area contributed by atoms with Crippen LogP contribution in [0.15, 0.2) is 42.5 Å². The van der Waals surface area contributed by atoms with Gasteiger partial charge in [0, 0.05) is 12.0 Å². The highest BCUT2D eigenvalue weighted by Crippen LogP contribution is 2.35. The fraction of sp³-hybridized carbons (Fsp3) is 0.458. The van der Waals surface area contributed by atoms with Crippen molar-refractivity contribution in [1.29, 1.82) is 0 Å². The number of benzene rings is 2. The van der Waals surface area contributed by atoms with E-state index in [0.29, 0.717) is 6.04 Å². The van der Waals surface area contributed by atoms with Gasteiger partial charge in [-0.15, -0.1) is 5.10 Å². The van der Waals surface area contributed by atoms with Crippen molar-refractivity contribution < 1.29 is 14.4 Å². The topological polar surface area (TPSA) is 66.5 Å². The molecule has 0 saturated heterocycles. The van der Waals surface area contributed by atoms with E-state index in [1.807, 2.05) is 12.1 Å². The molecule has 0 spiro atoms. The van der Waals surface area contributed by atoms with Crippen molar-refractivity contribution in [1.82, 2.24) is 20.2 Å². The van der Waals surface area contributed by atoms with Gasteiger partial charge in [0.1, 0.15) is 18.0 Å². The predicted molar refractivity (Wildman–Crippen MR) is 116 cm³/mol. The molecule has 2 atom stereocenters. The van der Waals surface area contributed by atoms with Crippen molar-refractivity contribution in [2.24, 2.45) is 0 Å². The summed E-state index contributed by atoms with van der Waals surface area (Å²) in [4.78, 5) is 1.43. The maximum absolute atomic E-state index is 5.80. The molecular weight excluding hydrogens is 390 g/mol. The number of aromatic nitrogens is 4. The third-order valence-corrected chi connectivity index (χ3v) is 6.85. The maximum Gasteiger partial charge on any atom is 0.214 e. The normalized spacial score (nSPS) is 19.7. The minimum absolute atomic E-state index is 0.0333. The Hall–Kier alpha value is -2.93. The third kappa shape index (κ3) is 3.78. The average molecular weight is 421 g/mol. The third-order valence-electron chi connectivity index (χ3n) is 6.85. The van der Waals surface area contributed by atoms with Gasteiger partial charge in [-0.05, 0) is 47.0 Å². The zero-order chi connectivity index (χ0) is 21.2. The first-order valence-corrected chi connectivity index (χ1v) is 11.2. The number of nitrogens with one attached hydrogen (secondary N) is 1. The zero-order valence-corrected chi connectivity index (χ0v) is 18.3. The van der Waals surface area contributed by atoms with Crippen molar-refractivity contribution in [3.05, 3.63) is 65.0 Å². The molecule has 1 N–H and O–H groups in total. The number of nitrogens with zero attached hydrogens (tertiary/aromatic N) is 4. The molecule has 0 bridgehead atoms. The van der Waals surface area contributed by atoms with Crippen LogP contribution < -0.4 is 14.4 Å². The van der Waals surface area contributed by atoms with Crippen molar-refractivity contribution >= 4 is 0 Å². The Bertz CT molecular complexity index is 1040. The van der Waals surface area contributed by atoms with Gasteiger partial charge in [0.25, 0.3) is 0 Å². The van der Waals surface area contributed by atoms with Crippen LogP contribution in [0.4, 0.5) is 0 Å². The Morgan fingerprint density at radius 2 is 1.84 bits per heavy atom. The second-order valence-electron chi connectivity index (χ2n) is 8.56. The lowest BCUT2D eigenvalue weighted by molar-refractivity contribution is -0.941. The summed E-state index contributed by atoms with van der Waals surface area (Å²) in [5.74, 6) is 2.59. The van der Waals surface area contributed by atoms with E-state index >= 15 is 0 Å². The summed E-state index contributed by atoms with van der Waals surface area (Å²) in [5, 5.41) is 13.2. The van der Waals surface area contributed by atoms with Gasteiger partial charge in [-0.1, -0.05) is 37.1 Å². The van der Waals surface area contributed by atoms with E-state index in [9.17, 15) is 0 Å². The number of hydrogen-bond donors (Lipinski definition) is 1. The van der Waals surface area contributed by atoms with Gasteiger partial charge in [-0.25, -0.2) is 4.68 Å². The zero-order valence-electron chi connectivity index (χ0n) is 18.3. The molecule has 3 aromatic rings. The number of ether oxygens (including phenoxy) is 2. The summed E-state index contributed by atoms with van der Waals surface area (Å²) >= 11 is 0. The minimum atomic E-state index is -0.0333. The molecular formula is C24H30N5O2+. The van der Waals surface area contributed by atoms with Crippen LogP contribution in [-0.4, -0.2) is 41.0 Å². The molecule has 162 valence electrons. The molecule has 2 heterocycles. The number of fused-ring (bicyclic) bond motifs is 1. The molecule has 7 nitrogen and oxygen atoms in total. The highest BCUT2D eigenvalue weighted by molar-refractivity contribution is 5.43. The first-order chi connectivity index (χ1) is 15.3. The fourth-order valence-electron chi connectivity index (χ4n) is 5.25. The SMILES string of the molecule is COc1ccc(OC)c([C@@H](c2nnnn2C2CCCC2)[NH+]2CCc3ccccc3C2)c1. The molecule has 1 unspecified atom stereocenters. The van der Waals surface area contributed by atoms with Crippen LogP contribution in [0, 0.1) is 0 Å². The summed E-state index contributed by atoms with van der Waals surface area (Å²) in [6.07, 6.45) is 5.79. The number of quaternary nitrogens is 1. The second-order valence-corrected chi connectivity index (χ2v) is 8.56. The molecule has 2 aliphatic rings. The molecule has 1 aliphatic heterocycles. The van der Waals surface area contributed by atoms with Gasteiger partial charge < -0.3 is 14.4 Å². The minimum Gasteiger partial charge on any atom is -0.497 e. The van der Waals surface area contributed by atoms with Gasteiger partial charge in [-0.3, -0.25) is 0 Å². The molecule has 1 aliphatic carbocycles. The first-order valence-electron chi connectivity index (χ1n) is 11.2. The quantitative estimate of drug-likeness (QED) is 0.664. The van der Waals surface area contributed by atoms with E-state index in [1.54, 1.807) is 14.2 Å². The van der Waals surface area contributed by atoms with E-state index in [1.165, 1.54) is 28.9 Å².